The number of rotatable bonds is 10. The Morgan fingerprint density at radius 2 is 2.19 bits per heavy atom. The number of ether oxygens (including phenoxy) is 3. The number of hydrogen-bond donors (Lipinski definition) is 3. The highest BCUT2D eigenvalue weighted by Crippen LogP contribution is 2.33. The van der Waals surface area contributed by atoms with Crippen LogP contribution in [-0.4, -0.2) is 48.3 Å². The van der Waals surface area contributed by atoms with Gasteiger partial charge in [0.15, 0.2) is 5.75 Å². The van der Waals surface area contributed by atoms with Crippen molar-refractivity contribution in [3.8, 4) is 11.5 Å². The Kier molecular flexibility index (Phi) is 9.60. The SMILES string of the molecule is COc1c(Cl)cccc1NC(=S)C1=C(NCc2ccncc2OCCC2CCCCO2)C[C@@H](C)NC1=O. The van der Waals surface area contributed by atoms with Gasteiger partial charge in [-0.15, -0.1) is 0 Å². The highest BCUT2D eigenvalue weighted by Gasteiger charge is 2.28. The molecule has 10 heteroatoms. The molecule has 0 radical (unpaired) electrons. The van der Waals surface area contributed by atoms with Crippen LogP contribution < -0.4 is 25.4 Å². The number of halogens is 1. The first-order valence-electron chi connectivity index (χ1n) is 12.5. The van der Waals surface area contributed by atoms with Gasteiger partial charge in [0.2, 0.25) is 0 Å². The summed E-state index contributed by atoms with van der Waals surface area (Å²) in [6, 6.07) is 7.20. The number of amides is 1. The Morgan fingerprint density at radius 3 is 2.97 bits per heavy atom. The lowest BCUT2D eigenvalue weighted by Gasteiger charge is -2.27. The Morgan fingerprint density at radius 1 is 1.32 bits per heavy atom. The number of nitrogens with zero attached hydrogens (tertiary/aromatic N) is 1. The van der Waals surface area contributed by atoms with Gasteiger partial charge in [0.05, 0.1) is 42.3 Å². The molecule has 8 nitrogen and oxygen atoms in total. The minimum atomic E-state index is -0.238. The smallest absolute Gasteiger partial charge is 0.256 e. The van der Waals surface area contributed by atoms with Gasteiger partial charge in [0.25, 0.3) is 5.91 Å². The van der Waals surface area contributed by atoms with Crippen molar-refractivity contribution in [2.45, 2.75) is 57.7 Å². The van der Waals surface area contributed by atoms with E-state index in [4.69, 9.17) is 38.0 Å². The van der Waals surface area contributed by atoms with Crippen LogP contribution in [0.1, 0.15) is 44.6 Å². The molecule has 0 saturated carbocycles. The number of hydrogen-bond acceptors (Lipinski definition) is 7. The number of methoxy groups -OCH3 is 1. The summed E-state index contributed by atoms with van der Waals surface area (Å²) in [7, 11) is 1.53. The van der Waals surface area contributed by atoms with Crippen LogP contribution in [0.25, 0.3) is 0 Å². The summed E-state index contributed by atoms with van der Waals surface area (Å²) in [6.45, 7) is 3.81. The number of nitrogens with one attached hydrogen (secondary N) is 3. The summed E-state index contributed by atoms with van der Waals surface area (Å²) in [4.78, 5) is 17.5. The van der Waals surface area contributed by atoms with Crippen molar-refractivity contribution < 1.29 is 19.0 Å². The Hall–Kier alpha value is -2.88. The van der Waals surface area contributed by atoms with Crippen molar-refractivity contribution in [2.75, 3.05) is 25.6 Å². The van der Waals surface area contributed by atoms with E-state index in [2.05, 4.69) is 20.9 Å². The highest BCUT2D eigenvalue weighted by molar-refractivity contribution is 7.81. The van der Waals surface area contributed by atoms with E-state index >= 15 is 0 Å². The van der Waals surface area contributed by atoms with Gasteiger partial charge < -0.3 is 30.2 Å². The fraction of sp³-hybridized carbons (Fsp3) is 0.444. The fourth-order valence-electron chi connectivity index (χ4n) is 4.51. The Balaban J connectivity index is 1.47. The van der Waals surface area contributed by atoms with Gasteiger partial charge in [-0.2, -0.15) is 0 Å². The number of para-hydroxylation sites is 1. The molecule has 0 aliphatic carbocycles. The molecule has 1 aromatic heterocycles. The molecule has 37 heavy (non-hydrogen) atoms. The summed E-state index contributed by atoms with van der Waals surface area (Å²) in [6.07, 6.45) is 8.59. The van der Waals surface area contributed by atoms with Crippen molar-refractivity contribution >= 4 is 40.4 Å². The summed E-state index contributed by atoms with van der Waals surface area (Å²) < 4.78 is 17.3. The number of benzene rings is 1. The molecule has 198 valence electrons. The first kappa shape index (κ1) is 27.2. The molecule has 1 aromatic carbocycles. The molecule has 1 amide bonds. The topological polar surface area (TPSA) is 93.7 Å². The normalized spacial score (nSPS) is 19.7. The Bertz CT molecular complexity index is 1150. The molecule has 2 aliphatic rings. The largest absolute Gasteiger partial charge is 0.493 e. The predicted molar refractivity (Wildman–Crippen MR) is 148 cm³/mol. The third-order valence-electron chi connectivity index (χ3n) is 6.40. The molecule has 2 aliphatic heterocycles. The van der Waals surface area contributed by atoms with E-state index in [-0.39, 0.29) is 23.0 Å². The highest BCUT2D eigenvalue weighted by atomic mass is 35.5. The number of thiocarbonyl (C=S) groups is 1. The number of carbonyl (C=O) groups is 1. The molecular formula is C27H33ClN4O4S. The minimum Gasteiger partial charge on any atom is -0.493 e. The van der Waals surface area contributed by atoms with E-state index in [1.807, 2.05) is 13.0 Å². The summed E-state index contributed by atoms with van der Waals surface area (Å²) in [5, 5.41) is 9.98. The monoisotopic (exact) mass is 544 g/mol. The second kappa shape index (κ2) is 13.1. The zero-order valence-corrected chi connectivity index (χ0v) is 22.7. The van der Waals surface area contributed by atoms with Crippen molar-refractivity contribution in [3.05, 3.63) is 58.5 Å². The first-order chi connectivity index (χ1) is 18.0. The summed E-state index contributed by atoms with van der Waals surface area (Å²) in [5.74, 6) is 0.937. The van der Waals surface area contributed by atoms with Crippen LogP contribution in [0.2, 0.25) is 5.02 Å². The molecule has 2 atom stereocenters. The van der Waals surface area contributed by atoms with Gasteiger partial charge in [-0.05, 0) is 44.4 Å². The van der Waals surface area contributed by atoms with Crippen LogP contribution in [0, 0.1) is 0 Å². The number of carbonyl (C=O) groups excluding carboxylic acids is 1. The van der Waals surface area contributed by atoms with E-state index < -0.39 is 0 Å². The van der Waals surface area contributed by atoms with Gasteiger partial charge in [-0.1, -0.05) is 29.9 Å². The maximum atomic E-state index is 13.0. The van der Waals surface area contributed by atoms with Crippen LogP contribution in [-0.2, 0) is 16.1 Å². The van der Waals surface area contributed by atoms with E-state index in [0.29, 0.717) is 47.4 Å². The summed E-state index contributed by atoms with van der Waals surface area (Å²) in [5.41, 5.74) is 2.68. The quantitative estimate of drug-likeness (QED) is 0.368. The average molecular weight is 545 g/mol. The summed E-state index contributed by atoms with van der Waals surface area (Å²) >= 11 is 11.9. The second-order valence-electron chi connectivity index (χ2n) is 9.17. The molecule has 4 rings (SSSR count). The predicted octanol–water partition coefficient (Wildman–Crippen LogP) is 4.77. The lowest BCUT2D eigenvalue weighted by Crippen LogP contribution is -2.44. The molecule has 1 saturated heterocycles. The minimum absolute atomic E-state index is 0.0362. The maximum absolute atomic E-state index is 13.0. The number of anilines is 1. The van der Waals surface area contributed by atoms with Gasteiger partial charge >= 0.3 is 0 Å². The second-order valence-corrected chi connectivity index (χ2v) is 9.99. The van der Waals surface area contributed by atoms with Gasteiger partial charge in [-0.3, -0.25) is 9.78 Å². The van der Waals surface area contributed by atoms with Crippen molar-refractivity contribution in [1.29, 1.82) is 0 Å². The maximum Gasteiger partial charge on any atom is 0.256 e. The molecule has 3 N–H and O–H groups in total. The third-order valence-corrected chi connectivity index (χ3v) is 7.00. The van der Waals surface area contributed by atoms with Gasteiger partial charge in [-0.25, -0.2) is 0 Å². The number of aromatic nitrogens is 1. The number of pyridine rings is 1. The molecular weight excluding hydrogens is 512 g/mol. The first-order valence-corrected chi connectivity index (χ1v) is 13.3. The van der Waals surface area contributed by atoms with Crippen LogP contribution in [0.4, 0.5) is 5.69 Å². The Labute approximate surface area is 228 Å². The molecule has 3 heterocycles. The van der Waals surface area contributed by atoms with Crippen molar-refractivity contribution in [2.24, 2.45) is 0 Å². The van der Waals surface area contributed by atoms with Gasteiger partial charge in [0, 0.05) is 49.5 Å². The van der Waals surface area contributed by atoms with Crippen LogP contribution in [0.3, 0.4) is 0 Å². The van der Waals surface area contributed by atoms with E-state index in [0.717, 1.165) is 37.1 Å². The lowest BCUT2D eigenvalue weighted by molar-refractivity contribution is -0.118. The van der Waals surface area contributed by atoms with E-state index in [9.17, 15) is 4.79 Å². The molecule has 0 spiro atoms. The lowest BCUT2D eigenvalue weighted by atomic mass is 10.0. The molecule has 1 unspecified atom stereocenters. The fourth-order valence-corrected chi connectivity index (χ4v) is 5.09. The molecule has 2 aromatic rings. The van der Waals surface area contributed by atoms with Gasteiger partial charge in [0.1, 0.15) is 10.7 Å². The van der Waals surface area contributed by atoms with Crippen molar-refractivity contribution in [3.63, 3.8) is 0 Å². The van der Waals surface area contributed by atoms with Crippen LogP contribution in [0.5, 0.6) is 11.5 Å². The third kappa shape index (κ3) is 7.12. The zero-order valence-electron chi connectivity index (χ0n) is 21.1. The molecule has 0 bridgehead atoms. The zero-order chi connectivity index (χ0) is 26.2. The standard InChI is InChI=1S/C27H33ClN4O4S/c1-17-14-22(24(26(33)31-17)27(37)32-21-8-5-7-20(28)25(21)34-2)30-15-18-9-11-29-16-23(18)36-13-10-19-6-3-4-12-35-19/h5,7-9,11,16-17,19,30H,3-4,6,10,12-15H2,1-2H3,(H,31,33)(H,32,37)/t17-,19?/m1/s1. The van der Waals surface area contributed by atoms with Crippen LogP contribution in [0.15, 0.2) is 47.9 Å². The van der Waals surface area contributed by atoms with Crippen LogP contribution >= 0.6 is 23.8 Å². The van der Waals surface area contributed by atoms with Crippen molar-refractivity contribution in [1.82, 2.24) is 15.6 Å². The average Bonchev–Trinajstić information content (AvgIpc) is 2.88. The van der Waals surface area contributed by atoms with E-state index in [1.165, 1.54) is 13.5 Å². The van der Waals surface area contributed by atoms with E-state index in [1.54, 1.807) is 30.6 Å². The molecule has 1 fully saturated rings.